The number of methoxy groups -OCH3 is 1. The quantitative estimate of drug-likeness (QED) is 0.810. The van der Waals surface area contributed by atoms with Crippen LogP contribution < -0.4 is 10.6 Å². The average molecular weight is 344 g/mol. The minimum absolute atomic E-state index is 0.101. The summed E-state index contributed by atoms with van der Waals surface area (Å²) in [7, 11) is 1.47. The molecule has 6 heteroatoms. The van der Waals surface area contributed by atoms with Gasteiger partial charge in [-0.3, -0.25) is 9.59 Å². The molecule has 0 aliphatic heterocycles. The lowest BCUT2D eigenvalue weighted by Gasteiger charge is -2.16. The van der Waals surface area contributed by atoms with E-state index in [-0.39, 0.29) is 24.2 Å². The smallest absolute Gasteiger partial charge is 0.245 e. The van der Waals surface area contributed by atoms with Crippen LogP contribution >= 0.6 is 0 Å². The van der Waals surface area contributed by atoms with Crippen molar-refractivity contribution in [3.8, 4) is 11.1 Å². The molecule has 25 heavy (non-hydrogen) atoms. The van der Waals surface area contributed by atoms with Crippen molar-refractivity contribution in [1.29, 1.82) is 0 Å². The number of rotatable bonds is 7. The summed E-state index contributed by atoms with van der Waals surface area (Å²) in [5.41, 5.74) is 2.58. The van der Waals surface area contributed by atoms with Crippen LogP contribution in [0.4, 0.5) is 4.39 Å². The number of ether oxygens (including phenoxy) is 1. The molecule has 0 aliphatic carbocycles. The van der Waals surface area contributed by atoms with E-state index in [1.807, 2.05) is 30.3 Å². The van der Waals surface area contributed by atoms with Gasteiger partial charge in [0.05, 0.1) is 6.61 Å². The Morgan fingerprint density at radius 1 is 1.12 bits per heavy atom. The van der Waals surface area contributed by atoms with Gasteiger partial charge in [-0.2, -0.15) is 0 Å². The van der Waals surface area contributed by atoms with Crippen LogP contribution in [-0.2, 0) is 20.9 Å². The van der Waals surface area contributed by atoms with Crippen LogP contribution in [-0.4, -0.2) is 31.6 Å². The lowest BCUT2D eigenvalue weighted by Crippen LogP contribution is -2.48. The third kappa shape index (κ3) is 5.69. The van der Waals surface area contributed by atoms with Crippen molar-refractivity contribution in [2.75, 3.05) is 13.7 Å². The summed E-state index contributed by atoms with van der Waals surface area (Å²) < 4.78 is 18.2. The van der Waals surface area contributed by atoms with Gasteiger partial charge in [0, 0.05) is 20.6 Å². The molecule has 0 saturated carbocycles. The van der Waals surface area contributed by atoms with Crippen LogP contribution in [0, 0.1) is 5.82 Å². The van der Waals surface area contributed by atoms with Crippen LogP contribution in [0.25, 0.3) is 11.1 Å². The summed E-state index contributed by atoms with van der Waals surface area (Å²) in [5, 5.41) is 5.31. The number of halogens is 1. The van der Waals surface area contributed by atoms with Crippen molar-refractivity contribution >= 4 is 11.8 Å². The first-order valence-electron chi connectivity index (χ1n) is 7.88. The van der Waals surface area contributed by atoms with Crippen LogP contribution in [0.15, 0.2) is 48.5 Å². The predicted octanol–water partition coefficient (Wildman–Crippen LogP) is 2.26. The van der Waals surface area contributed by atoms with Gasteiger partial charge >= 0.3 is 0 Å². The third-order valence-corrected chi connectivity index (χ3v) is 3.61. The highest BCUT2D eigenvalue weighted by molar-refractivity contribution is 5.86. The van der Waals surface area contributed by atoms with E-state index in [9.17, 15) is 14.0 Å². The maximum Gasteiger partial charge on any atom is 0.245 e. The molecule has 0 unspecified atom stereocenters. The van der Waals surface area contributed by atoms with E-state index in [1.165, 1.54) is 26.2 Å². The zero-order chi connectivity index (χ0) is 18.2. The molecular weight excluding hydrogens is 323 g/mol. The summed E-state index contributed by atoms with van der Waals surface area (Å²) in [6.45, 7) is 1.77. The fourth-order valence-electron chi connectivity index (χ4n) is 2.39. The van der Waals surface area contributed by atoms with E-state index in [0.717, 1.165) is 16.7 Å². The Balaban J connectivity index is 1.96. The summed E-state index contributed by atoms with van der Waals surface area (Å²) in [6, 6.07) is 13.1. The van der Waals surface area contributed by atoms with Crippen molar-refractivity contribution < 1.29 is 18.7 Å². The van der Waals surface area contributed by atoms with Crippen LogP contribution in [0.5, 0.6) is 0 Å². The Kier molecular flexibility index (Phi) is 6.65. The molecule has 1 atom stereocenters. The van der Waals surface area contributed by atoms with Gasteiger partial charge in [-0.1, -0.05) is 36.4 Å². The van der Waals surface area contributed by atoms with Gasteiger partial charge in [-0.05, 0) is 28.8 Å². The first-order chi connectivity index (χ1) is 12.0. The van der Waals surface area contributed by atoms with Crippen LogP contribution in [0.3, 0.4) is 0 Å². The molecule has 2 aromatic carbocycles. The molecule has 5 nitrogen and oxygen atoms in total. The van der Waals surface area contributed by atoms with Crippen molar-refractivity contribution in [2.45, 2.75) is 19.5 Å². The van der Waals surface area contributed by atoms with E-state index < -0.39 is 6.04 Å². The number of nitrogens with one attached hydrogen (secondary N) is 2. The number of carbonyl (C=O) groups excluding carboxylic acids is 2. The van der Waals surface area contributed by atoms with E-state index in [4.69, 9.17) is 4.74 Å². The largest absolute Gasteiger partial charge is 0.382 e. The highest BCUT2D eigenvalue weighted by Crippen LogP contribution is 2.20. The van der Waals surface area contributed by atoms with Crippen molar-refractivity contribution in [1.82, 2.24) is 10.6 Å². The molecule has 2 aromatic rings. The van der Waals surface area contributed by atoms with Gasteiger partial charge in [0.1, 0.15) is 11.9 Å². The molecule has 2 amide bonds. The Morgan fingerprint density at radius 2 is 1.84 bits per heavy atom. The number of hydrogen-bond donors (Lipinski definition) is 2. The highest BCUT2D eigenvalue weighted by atomic mass is 19.1. The Bertz CT molecular complexity index is 732. The summed E-state index contributed by atoms with van der Waals surface area (Å²) in [5.74, 6) is -0.890. The van der Waals surface area contributed by atoms with E-state index in [1.54, 1.807) is 6.07 Å². The zero-order valence-electron chi connectivity index (χ0n) is 14.2. The van der Waals surface area contributed by atoms with Crippen molar-refractivity contribution in [3.63, 3.8) is 0 Å². The fraction of sp³-hybridized carbons (Fsp3) is 0.263. The van der Waals surface area contributed by atoms with Crippen LogP contribution in [0.1, 0.15) is 12.5 Å². The first kappa shape index (κ1) is 18.6. The fourth-order valence-corrected chi connectivity index (χ4v) is 2.39. The average Bonchev–Trinajstić information content (AvgIpc) is 2.59. The number of amides is 2. The number of benzene rings is 2. The van der Waals surface area contributed by atoms with Crippen molar-refractivity contribution in [3.05, 3.63) is 59.9 Å². The maximum absolute atomic E-state index is 13.3. The highest BCUT2D eigenvalue weighted by Gasteiger charge is 2.18. The molecule has 2 N–H and O–H groups in total. The van der Waals surface area contributed by atoms with Crippen LogP contribution in [0.2, 0.25) is 0 Å². The summed E-state index contributed by atoms with van der Waals surface area (Å²) >= 11 is 0. The lowest BCUT2D eigenvalue weighted by molar-refractivity contribution is -0.129. The first-order valence-corrected chi connectivity index (χ1v) is 7.88. The molecule has 0 fully saturated rings. The predicted molar refractivity (Wildman–Crippen MR) is 93.2 cm³/mol. The summed E-state index contributed by atoms with van der Waals surface area (Å²) in [4.78, 5) is 23.3. The zero-order valence-corrected chi connectivity index (χ0v) is 14.2. The van der Waals surface area contributed by atoms with E-state index in [2.05, 4.69) is 10.6 Å². The number of carbonyl (C=O) groups is 2. The topological polar surface area (TPSA) is 67.4 Å². The van der Waals surface area contributed by atoms with Gasteiger partial charge in [-0.25, -0.2) is 4.39 Å². The Labute approximate surface area is 146 Å². The second-order valence-corrected chi connectivity index (χ2v) is 5.63. The molecule has 0 saturated heterocycles. The van der Waals surface area contributed by atoms with Gasteiger partial charge in [-0.15, -0.1) is 0 Å². The molecular formula is C19H21FN2O3. The molecule has 132 valence electrons. The SMILES string of the molecule is COC[C@@H](NC(C)=O)C(=O)NCc1ccc(-c2cccc(F)c2)cc1. The molecule has 0 bridgehead atoms. The monoisotopic (exact) mass is 344 g/mol. The van der Waals surface area contributed by atoms with E-state index in [0.29, 0.717) is 6.54 Å². The van der Waals surface area contributed by atoms with E-state index >= 15 is 0 Å². The second-order valence-electron chi connectivity index (χ2n) is 5.63. The Morgan fingerprint density at radius 3 is 2.44 bits per heavy atom. The molecule has 0 radical (unpaired) electrons. The normalized spacial score (nSPS) is 11.6. The Hall–Kier alpha value is -2.73. The van der Waals surface area contributed by atoms with Crippen molar-refractivity contribution in [2.24, 2.45) is 0 Å². The number of hydrogen-bond acceptors (Lipinski definition) is 3. The minimum Gasteiger partial charge on any atom is -0.382 e. The minimum atomic E-state index is -0.728. The molecule has 0 aromatic heterocycles. The van der Waals surface area contributed by atoms with Gasteiger partial charge < -0.3 is 15.4 Å². The lowest BCUT2D eigenvalue weighted by atomic mass is 10.0. The molecule has 2 rings (SSSR count). The molecule has 0 aliphatic rings. The molecule has 0 spiro atoms. The van der Waals surface area contributed by atoms with Gasteiger partial charge in [0.2, 0.25) is 11.8 Å². The van der Waals surface area contributed by atoms with Gasteiger partial charge in [0.25, 0.3) is 0 Å². The standard InChI is InChI=1S/C19H21FN2O3/c1-13(23)22-18(12-25-2)19(24)21-11-14-6-8-15(9-7-14)16-4-3-5-17(20)10-16/h3-10,18H,11-12H2,1-2H3,(H,21,24)(H,22,23)/t18-/m1/s1. The summed E-state index contributed by atoms with van der Waals surface area (Å²) in [6.07, 6.45) is 0. The molecule has 0 heterocycles. The second kappa shape index (κ2) is 8.94. The maximum atomic E-state index is 13.3. The van der Waals surface area contributed by atoms with Gasteiger partial charge in [0.15, 0.2) is 0 Å². The third-order valence-electron chi connectivity index (χ3n) is 3.61.